The minimum atomic E-state index is -0.370. The largest absolute Gasteiger partial charge is 0.497 e. The van der Waals surface area contributed by atoms with Crippen molar-refractivity contribution in [3.63, 3.8) is 0 Å². The van der Waals surface area contributed by atoms with Crippen LogP contribution in [0.4, 0.5) is 0 Å². The molecule has 0 spiro atoms. The third kappa shape index (κ3) is 4.75. The van der Waals surface area contributed by atoms with Crippen molar-refractivity contribution in [2.75, 3.05) is 34.5 Å². The van der Waals surface area contributed by atoms with Crippen LogP contribution >= 0.6 is 0 Å². The monoisotopic (exact) mass is 499 g/mol. The number of hydrogen-bond donors (Lipinski definition) is 1. The van der Waals surface area contributed by atoms with E-state index >= 15 is 0 Å². The van der Waals surface area contributed by atoms with Crippen molar-refractivity contribution in [3.8, 4) is 28.5 Å². The second kappa shape index (κ2) is 10.8. The fourth-order valence-electron chi connectivity index (χ4n) is 4.64. The van der Waals surface area contributed by atoms with E-state index in [4.69, 9.17) is 18.9 Å². The molecule has 0 bridgehead atoms. The molecule has 0 fully saturated rings. The van der Waals surface area contributed by atoms with Gasteiger partial charge in [-0.2, -0.15) is 5.10 Å². The van der Waals surface area contributed by atoms with Crippen molar-refractivity contribution in [3.05, 3.63) is 95.2 Å². The van der Waals surface area contributed by atoms with Gasteiger partial charge in [0, 0.05) is 24.8 Å². The maximum atomic E-state index is 13.4. The summed E-state index contributed by atoms with van der Waals surface area (Å²) in [5, 5.41) is 7.51. The molecule has 3 aromatic carbocycles. The van der Waals surface area contributed by atoms with Crippen molar-refractivity contribution >= 4 is 5.91 Å². The van der Waals surface area contributed by atoms with Gasteiger partial charge in [-0.3, -0.25) is 9.89 Å². The Kier molecular flexibility index (Phi) is 7.09. The Balaban J connectivity index is 1.52. The van der Waals surface area contributed by atoms with Crippen LogP contribution in [-0.2, 0) is 11.3 Å². The predicted molar refractivity (Wildman–Crippen MR) is 139 cm³/mol. The van der Waals surface area contributed by atoms with Gasteiger partial charge in [-0.05, 0) is 47.5 Å². The smallest absolute Gasteiger partial charge is 0.273 e. The van der Waals surface area contributed by atoms with Crippen LogP contribution < -0.4 is 14.2 Å². The Labute approximate surface area is 215 Å². The zero-order chi connectivity index (χ0) is 25.8. The summed E-state index contributed by atoms with van der Waals surface area (Å²) in [5.74, 6) is 1.86. The van der Waals surface area contributed by atoms with E-state index in [0.29, 0.717) is 37.0 Å². The third-order valence-corrected chi connectivity index (χ3v) is 6.50. The lowest BCUT2D eigenvalue weighted by Crippen LogP contribution is -2.32. The molecule has 8 heteroatoms. The molecule has 190 valence electrons. The number of carbonyl (C=O) groups excluding carboxylic acids is 1. The molecule has 0 saturated carbocycles. The van der Waals surface area contributed by atoms with E-state index in [-0.39, 0.29) is 11.9 Å². The molecule has 1 atom stereocenters. The van der Waals surface area contributed by atoms with Crippen LogP contribution in [-0.4, -0.2) is 55.5 Å². The van der Waals surface area contributed by atoms with E-state index in [0.717, 1.165) is 33.7 Å². The number of benzene rings is 3. The minimum Gasteiger partial charge on any atom is -0.497 e. The predicted octanol–water partition coefficient (Wildman–Crippen LogP) is 4.86. The van der Waals surface area contributed by atoms with Gasteiger partial charge in [0.1, 0.15) is 18.1 Å². The van der Waals surface area contributed by atoms with Gasteiger partial charge in [0.05, 0.1) is 32.6 Å². The number of aromatic amines is 1. The fourth-order valence-corrected chi connectivity index (χ4v) is 4.64. The van der Waals surface area contributed by atoms with Crippen LogP contribution in [0.1, 0.15) is 33.2 Å². The van der Waals surface area contributed by atoms with Gasteiger partial charge in [0.2, 0.25) is 0 Å². The molecule has 1 aromatic heterocycles. The highest BCUT2D eigenvalue weighted by Crippen LogP contribution is 2.44. The topological polar surface area (TPSA) is 85.9 Å². The number of carbonyl (C=O) groups is 1. The van der Waals surface area contributed by atoms with Gasteiger partial charge in [-0.25, -0.2) is 0 Å². The van der Waals surface area contributed by atoms with Gasteiger partial charge in [0.25, 0.3) is 5.91 Å². The lowest BCUT2D eigenvalue weighted by molar-refractivity contribution is 0.0677. The number of rotatable bonds is 10. The lowest BCUT2D eigenvalue weighted by Gasteiger charge is -2.26. The summed E-state index contributed by atoms with van der Waals surface area (Å²) in [7, 11) is 4.87. The van der Waals surface area contributed by atoms with E-state index in [2.05, 4.69) is 10.2 Å². The van der Waals surface area contributed by atoms with Crippen LogP contribution in [0.5, 0.6) is 17.2 Å². The zero-order valence-electron chi connectivity index (χ0n) is 21.1. The van der Waals surface area contributed by atoms with Crippen LogP contribution in [0.2, 0.25) is 0 Å². The molecule has 1 aliphatic heterocycles. The summed E-state index contributed by atoms with van der Waals surface area (Å²) in [6.45, 7) is 1.26. The number of ether oxygens (including phenoxy) is 4. The Bertz CT molecular complexity index is 1370. The van der Waals surface area contributed by atoms with Crippen LogP contribution in [0.25, 0.3) is 11.3 Å². The molecule has 4 aromatic rings. The Morgan fingerprint density at radius 2 is 1.70 bits per heavy atom. The molecule has 1 unspecified atom stereocenters. The molecule has 2 heterocycles. The Morgan fingerprint density at radius 1 is 0.919 bits per heavy atom. The number of nitrogens with one attached hydrogen (secondary N) is 1. The minimum absolute atomic E-state index is 0.118. The van der Waals surface area contributed by atoms with Gasteiger partial charge < -0.3 is 23.8 Å². The third-order valence-electron chi connectivity index (χ3n) is 6.50. The average molecular weight is 500 g/mol. The molecule has 37 heavy (non-hydrogen) atoms. The maximum Gasteiger partial charge on any atom is 0.273 e. The fraction of sp³-hybridized carbons (Fsp3) is 0.241. The average Bonchev–Trinajstić information content (AvgIpc) is 3.49. The summed E-state index contributed by atoms with van der Waals surface area (Å²) in [5.41, 5.74) is 4.87. The van der Waals surface area contributed by atoms with Gasteiger partial charge >= 0.3 is 0 Å². The quantitative estimate of drug-likeness (QED) is 0.335. The highest BCUT2D eigenvalue weighted by atomic mass is 16.5. The Hall–Kier alpha value is -4.30. The number of fused-ring (bicyclic) bond motifs is 1. The van der Waals surface area contributed by atoms with Gasteiger partial charge in [-0.1, -0.05) is 36.4 Å². The molecular formula is C29H29N3O5. The second-order valence-corrected chi connectivity index (χ2v) is 8.67. The van der Waals surface area contributed by atoms with E-state index < -0.39 is 0 Å². The normalized spacial score (nSPS) is 14.5. The summed E-state index contributed by atoms with van der Waals surface area (Å²) >= 11 is 0. The molecule has 1 aliphatic rings. The molecule has 1 N–H and O–H groups in total. The highest BCUT2D eigenvalue weighted by molar-refractivity contribution is 6.00. The lowest BCUT2D eigenvalue weighted by atomic mass is 9.95. The van der Waals surface area contributed by atoms with Crippen molar-refractivity contribution in [2.24, 2.45) is 0 Å². The number of amides is 1. The van der Waals surface area contributed by atoms with Crippen molar-refractivity contribution in [1.29, 1.82) is 0 Å². The summed E-state index contributed by atoms with van der Waals surface area (Å²) in [4.78, 5) is 15.2. The van der Waals surface area contributed by atoms with E-state index in [1.165, 1.54) is 0 Å². The first-order valence-corrected chi connectivity index (χ1v) is 12.0. The summed E-state index contributed by atoms with van der Waals surface area (Å²) in [6.07, 6.45) is 0. The van der Waals surface area contributed by atoms with Crippen LogP contribution in [0, 0.1) is 0 Å². The first kappa shape index (κ1) is 24.4. The second-order valence-electron chi connectivity index (χ2n) is 8.67. The van der Waals surface area contributed by atoms with Crippen LogP contribution in [0.3, 0.4) is 0 Å². The number of hydrogen-bond acceptors (Lipinski definition) is 6. The maximum absolute atomic E-state index is 13.4. The van der Waals surface area contributed by atoms with E-state index in [1.807, 2.05) is 72.8 Å². The van der Waals surface area contributed by atoms with Crippen molar-refractivity contribution in [2.45, 2.75) is 12.6 Å². The van der Waals surface area contributed by atoms with Gasteiger partial charge in [0.15, 0.2) is 11.5 Å². The number of methoxy groups -OCH3 is 3. The Morgan fingerprint density at radius 3 is 2.41 bits per heavy atom. The van der Waals surface area contributed by atoms with Crippen molar-refractivity contribution < 1.29 is 23.7 Å². The molecule has 0 radical (unpaired) electrons. The zero-order valence-corrected chi connectivity index (χ0v) is 21.1. The summed E-state index contributed by atoms with van der Waals surface area (Å²) in [6, 6.07) is 23.0. The highest BCUT2D eigenvalue weighted by Gasteiger charge is 2.42. The molecule has 8 nitrogen and oxygen atoms in total. The molecule has 5 rings (SSSR count). The molecular weight excluding hydrogens is 470 g/mol. The summed E-state index contributed by atoms with van der Waals surface area (Å²) < 4.78 is 22.4. The molecule has 0 saturated heterocycles. The SMILES string of the molecule is COCCN1C(=O)c2[nH]nc(-c3ccc(OC)cc3)c2C1c1ccc(OCc2ccccc2)c(OC)c1. The van der Waals surface area contributed by atoms with E-state index in [1.54, 1.807) is 26.2 Å². The standard InChI is InChI=1S/C29H29N3O5/c1-34-16-15-32-28(21-11-14-23(24(17-21)36-3)37-18-19-7-5-4-6-8-19)25-26(30-31-27(25)29(32)33)20-9-12-22(35-2)13-10-20/h4-14,17,28H,15-16,18H2,1-3H3,(H,30,31). The van der Waals surface area contributed by atoms with Gasteiger partial charge in [-0.15, -0.1) is 0 Å². The van der Waals surface area contributed by atoms with Crippen molar-refractivity contribution in [1.82, 2.24) is 15.1 Å². The number of aromatic nitrogens is 2. The molecule has 0 aliphatic carbocycles. The first-order valence-electron chi connectivity index (χ1n) is 12.0. The molecule has 1 amide bonds. The van der Waals surface area contributed by atoms with E-state index in [9.17, 15) is 4.79 Å². The van der Waals surface area contributed by atoms with Crippen LogP contribution in [0.15, 0.2) is 72.8 Å². The number of H-pyrrole nitrogens is 1. The number of nitrogens with zero attached hydrogens (tertiary/aromatic N) is 2. The first-order chi connectivity index (χ1) is 18.1.